The number of carbonyl (C=O) groups is 1. The lowest BCUT2D eigenvalue weighted by atomic mass is 10.0. The molecule has 0 amide bonds. The molecule has 0 aliphatic carbocycles. The number of rotatable bonds is 5. The fourth-order valence-corrected chi connectivity index (χ4v) is 2.57. The molecule has 2 aromatic heterocycles. The standard InChI is InChI=1S/C12H13N3O3S/c1-3-7-8(4-2)14-15-10(9(7)11(16)17)19-12-13-5-6-18-12/h5-6H,3-4H2,1-2H3,(H,16,17). The lowest BCUT2D eigenvalue weighted by molar-refractivity contribution is 0.0690. The number of hydrogen-bond acceptors (Lipinski definition) is 6. The topological polar surface area (TPSA) is 89.1 Å². The highest BCUT2D eigenvalue weighted by molar-refractivity contribution is 7.99. The lowest BCUT2D eigenvalue weighted by Crippen LogP contribution is -2.11. The molecule has 7 heteroatoms. The molecule has 0 unspecified atom stereocenters. The molecule has 2 heterocycles. The zero-order valence-corrected chi connectivity index (χ0v) is 11.4. The van der Waals surface area contributed by atoms with E-state index in [2.05, 4.69) is 15.2 Å². The molecule has 0 aliphatic rings. The van der Waals surface area contributed by atoms with Crippen molar-refractivity contribution < 1.29 is 14.3 Å². The summed E-state index contributed by atoms with van der Waals surface area (Å²) in [5.41, 5.74) is 1.63. The SMILES string of the molecule is CCc1nnc(Sc2ncco2)c(C(=O)O)c1CC. The van der Waals surface area contributed by atoms with Gasteiger partial charge in [-0.05, 0) is 30.2 Å². The maximum absolute atomic E-state index is 11.5. The summed E-state index contributed by atoms with van der Waals surface area (Å²) in [6.07, 6.45) is 4.18. The second-order valence-corrected chi connectivity index (χ2v) is 4.66. The van der Waals surface area contributed by atoms with Gasteiger partial charge in [-0.2, -0.15) is 5.10 Å². The van der Waals surface area contributed by atoms with Gasteiger partial charge in [0.15, 0.2) is 0 Å². The van der Waals surface area contributed by atoms with Crippen molar-refractivity contribution in [2.45, 2.75) is 36.9 Å². The van der Waals surface area contributed by atoms with Crippen LogP contribution in [0.4, 0.5) is 0 Å². The third-order valence-electron chi connectivity index (χ3n) is 2.62. The van der Waals surface area contributed by atoms with Crippen LogP contribution in [0.5, 0.6) is 0 Å². The Morgan fingerprint density at radius 1 is 1.37 bits per heavy atom. The van der Waals surface area contributed by atoms with Crippen molar-refractivity contribution in [3.05, 3.63) is 29.3 Å². The summed E-state index contributed by atoms with van der Waals surface area (Å²) in [6.45, 7) is 3.83. The van der Waals surface area contributed by atoms with E-state index in [0.717, 1.165) is 23.0 Å². The van der Waals surface area contributed by atoms with Gasteiger partial charge in [-0.15, -0.1) is 5.10 Å². The van der Waals surface area contributed by atoms with Crippen LogP contribution < -0.4 is 0 Å². The number of carboxylic acid groups (broad SMARTS) is 1. The molecule has 19 heavy (non-hydrogen) atoms. The van der Waals surface area contributed by atoms with E-state index in [-0.39, 0.29) is 5.56 Å². The van der Waals surface area contributed by atoms with Crippen LogP contribution in [0.2, 0.25) is 0 Å². The molecule has 0 saturated carbocycles. The Balaban J connectivity index is 2.51. The molecule has 0 aliphatic heterocycles. The molecule has 0 bridgehead atoms. The van der Waals surface area contributed by atoms with Crippen LogP contribution in [0.25, 0.3) is 0 Å². The number of aromatic carboxylic acids is 1. The average Bonchev–Trinajstić information content (AvgIpc) is 2.90. The maximum atomic E-state index is 11.5. The Morgan fingerprint density at radius 2 is 2.16 bits per heavy atom. The van der Waals surface area contributed by atoms with E-state index in [1.165, 1.54) is 12.5 Å². The number of oxazole rings is 1. The molecule has 100 valence electrons. The van der Waals surface area contributed by atoms with Crippen molar-refractivity contribution in [3.8, 4) is 0 Å². The molecule has 2 rings (SSSR count). The molecule has 0 spiro atoms. The van der Waals surface area contributed by atoms with Gasteiger partial charge in [0.05, 0.1) is 17.5 Å². The largest absolute Gasteiger partial charge is 0.478 e. The first kappa shape index (κ1) is 13.5. The van der Waals surface area contributed by atoms with E-state index in [1.807, 2.05) is 13.8 Å². The van der Waals surface area contributed by atoms with Crippen LogP contribution >= 0.6 is 11.8 Å². The average molecular weight is 279 g/mol. The third-order valence-corrected chi connectivity index (χ3v) is 3.48. The van der Waals surface area contributed by atoms with Gasteiger partial charge >= 0.3 is 5.97 Å². The first-order valence-corrected chi connectivity index (χ1v) is 6.68. The monoisotopic (exact) mass is 279 g/mol. The number of carboxylic acids is 1. The minimum atomic E-state index is -1.00. The summed E-state index contributed by atoms with van der Waals surface area (Å²) in [7, 11) is 0. The minimum Gasteiger partial charge on any atom is -0.478 e. The van der Waals surface area contributed by atoms with E-state index in [0.29, 0.717) is 23.1 Å². The normalized spacial score (nSPS) is 10.6. The molecular formula is C12H13N3O3S. The van der Waals surface area contributed by atoms with Gasteiger partial charge in [0, 0.05) is 0 Å². The zero-order valence-electron chi connectivity index (χ0n) is 10.6. The van der Waals surface area contributed by atoms with E-state index in [4.69, 9.17) is 4.42 Å². The van der Waals surface area contributed by atoms with Gasteiger partial charge in [0.1, 0.15) is 11.3 Å². The highest BCUT2D eigenvalue weighted by Crippen LogP contribution is 2.30. The molecule has 1 N–H and O–H groups in total. The van der Waals surface area contributed by atoms with Crippen molar-refractivity contribution in [3.63, 3.8) is 0 Å². The summed E-state index contributed by atoms with van der Waals surface area (Å²) < 4.78 is 5.09. The van der Waals surface area contributed by atoms with Gasteiger partial charge < -0.3 is 9.52 Å². The van der Waals surface area contributed by atoms with E-state index in [1.54, 1.807) is 0 Å². The summed E-state index contributed by atoms with van der Waals surface area (Å²) in [5, 5.41) is 18.1. The van der Waals surface area contributed by atoms with E-state index >= 15 is 0 Å². The first-order valence-electron chi connectivity index (χ1n) is 5.86. The first-order chi connectivity index (χ1) is 9.17. The fourth-order valence-electron chi connectivity index (χ4n) is 1.79. The van der Waals surface area contributed by atoms with Crippen molar-refractivity contribution in [2.24, 2.45) is 0 Å². The van der Waals surface area contributed by atoms with Gasteiger partial charge in [-0.1, -0.05) is 13.8 Å². The molecule has 0 fully saturated rings. The second kappa shape index (κ2) is 5.83. The molecule has 0 atom stereocenters. The van der Waals surface area contributed by atoms with Crippen LogP contribution in [-0.2, 0) is 12.8 Å². The minimum absolute atomic E-state index is 0.192. The number of hydrogen-bond donors (Lipinski definition) is 1. The molecule has 0 radical (unpaired) electrons. The molecule has 2 aromatic rings. The van der Waals surface area contributed by atoms with Crippen LogP contribution in [0, 0.1) is 0 Å². The summed E-state index contributed by atoms with van der Waals surface area (Å²) in [4.78, 5) is 15.4. The predicted molar refractivity (Wildman–Crippen MR) is 68.4 cm³/mol. The quantitative estimate of drug-likeness (QED) is 0.899. The third kappa shape index (κ3) is 2.76. The Hall–Kier alpha value is -1.89. The van der Waals surface area contributed by atoms with E-state index in [9.17, 15) is 9.90 Å². The van der Waals surface area contributed by atoms with Crippen molar-refractivity contribution in [1.82, 2.24) is 15.2 Å². The molecule has 0 saturated heterocycles. The highest BCUT2D eigenvalue weighted by atomic mass is 32.2. The molecule has 6 nitrogen and oxygen atoms in total. The molecule has 0 aromatic carbocycles. The Morgan fingerprint density at radius 3 is 2.68 bits per heavy atom. The van der Waals surface area contributed by atoms with Gasteiger partial charge in [-0.3, -0.25) is 0 Å². The second-order valence-electron chi connectivity index (χ2n) is 3.72. The fraction of sp³-hybridized carbons (Fsp3) is 0.333. The van der Waals surface area contributed by atoms with Crippen molar-refractivity contribution >= 4 is 17.7 Å². The van der Waals surface area contributed by atoms with Gasteiger partial charge in [-0.25, -0.2) is 9.78 Å². The zero-order chi connectivity index (χ0) is 13.8. The van der Waals surface area contributed by atoms with Crippen molar-refractivity contribution in [1.29, 1.82) is 0 Å². The highest BCUT2D eigenvalue weighted by Gasteiger charge is 2.22. The van der Waals surface area contributed by atoms with Gasteiger partial charge in [0.2, 0.25) is 0 Å². The summed E-state index contributed by atoms with van der Waals surface area (Å²) in [6, 6.07) is 0. The van der Waals surface area contributed by atoms with E-state index < -0.39 is 5.97 Å². The van der Waals surface area contributed by atoms with Crippen molar-refractivity contribution in [2.75, 3.05) is 0 Å². The van der Waals surface area contributed by atoms with Crippen LogP contribution in [0.15, 0.2) is 27.1 Å². The van der Waals surface area contributed by atoms with Crippen LogP contribution in [0.1, 0.15) is 35.5 Å². The van der Waals surface area contributed by atoms with Crippen LogP contribution in [0.3, 0.4) is 0 Å². The maximum Gasteiger partial charge on any atom is 0.338 e. The lowest BCUT2D eigenvalue weighted by Gasteiger charge is -2.10. The Kier molecular flexibility index (Phi) is 4.16. The predicted octanol–water partition coefficient (Wildman–Crippen LogP) is 2.44. The smallest absolute Gasteiger partial charge is 0.338 e. The Labute approximate surface area is 114 Å². The number of nitrogens with zero attached hydrogens (tertiary/aromatic N) is 3. The number of aromatic nitrogens is 3. The number of aryl methyl sites for hydroxylation is 1. The summed E-state index contributed by atoms with van der Waals surface area (Å²) >= 11 is 1.07. The Bertz CT molecular complexity index is 584. The van der Waals surface area contributed by atoms with Crippen LogP contribution in [-0.4, -0.2) is 26.3 Å². The summed E-state index contributed by atoms with van der Waals surface area (Å²) in [5.74, 6) is -1.00. The van der Waals surface area contributed by atoms with Gasteiger partial charge in [0.25, 0.3) is 5.22 Å². The molecular weight excluding hydrogens is 266 g/mol.